The second-order valence-corrected chi connectivity index (χ2v) is 8.95. The second kappa shape index (κ2) is 9.34. The molecule has 6 nitrogen and oxygen atoms in total. The van der Waals surface area contributed by atoms with E-state index in [0.717, 1.165) is 16.7 Å². The normalized spacial score (nSPS) is 11.1. The first kappa shape index (κ1) is 20.5. The quantitative estimate of drug-likeness (QED) is 0.621. The Kier molecular flexibility index (Phi) is 6.61. The number of anilines is 1. The van der Waals surface area contributed by atoms with Crippen LogP contribution in [-0.2, 0) is 27.9 Å². The number of rotatable bonds is 7. The number of amides is 2. The maximum atomic E-state index is 12.5. The van der Waals surface area contributed by atoms with Crippen LogP contribution in [0.3, 0.4) is 0 Å². The number of urea groups is 1. The van der Waals surface area contributed by atoms with E-state index in [-0.39, 0.29) is 17.5 Å². The number of sulfone groups is 1. The fourth-order valence-electron chi connectivity index (χ4n) is 2.90. The number of nitrogens with zero attached hydrogens (tertiary/aromatic N) is 1. The molecular weight excluding hydrogens is 386 g/mol. The van der Waals surface area contributed by atoms with E-state index in [1.807, 2.05) is 43.3 Å². The van der Waals surface area contributed by atoms with Gasteiger partial charge in [-0.1, -0.05) is 42.0 Å². The minimum absolute atomic E-state index is 0.00604. The van der Waals surface area contributed by atoms with Gasteiger partial charge >= 0.3 is 6.03 Å². The Morgan fingerprint density at radius 2 is 1.59 bits per heavy atom. The van der Waals surface area contributed by atoms with Gasteiger partial charge in [0.25, 0.3) is 0 Å². The van der Waals surface area contributed by atoms with Gasteiger partial charge in [-0.25, -0.2) is 13.2 Å². The van der Waals surface area contributed by atoms with Gasteiger partial charge in [-0.2, -0.15) is 0 Å². The number of aromatic nitrogens is 1. The average Bonchev–Trinajstić information content (AvgIpc) is 2.68. The molecule has 3 aromatic rings. The lowest BCUT2D eigenvalue weighted by Gasteiger charge is -2.09. The molecule has 0 aliphatic rings. The maximum absolute atomic E-state index is 12.5. The van der Waals surface area contributed by atoms with Crippen LogP contribution < -0.4 is 10.6 Å². The number of carbonyl (C=O) groups is 1. The SMILES string of the molecule is Cc1cccc(CS(=O)(=O)Cc2ccc(NC(=O)NCc3ccncc3)cc2)c1. The Hall–Kier alpha value is -3.19. The summed E-state index contributed by atoms with van der Waals surface area (Å²) >= 11 is 0. The third-order valence-corrected chi connectivity index (χ3v) is 5.82. The third-order valence-electron chi connectivity index (χ3n) is 4.27. The molecule has 0 unspecified atom stereocenters. The zero-order valence-corrected chi connectivity index (χ0v) is 16.9. The minimum Gasteiger partial charge on any atom is -0.334 e. The summed E-state index contributed by atoms with van der Waals surface area (Å²) in [5.41, 5.74) is 4.05. The van der Waals surface area contributed by atoms with Crippen LogP contribution in [-0.4, -0.2) is 19.4 Å². The molecule has 7 heteroatoms. The summed E-state index contributed by atoms with van der Waals surface area (Å²) in [6.07, 6.45) is 3.33. The maximum Gasteiger partial charge on any atom is 0.319 e. The number of aryl methyl sites for hydroxylation is 1. The van der Waals surface area contributed by atoms with E-state index >= 15 is 0 Å². The predicted molar refractivity (Wildman–Crippen MR) is 114 cm³/mol. The van der Waals surface area contributed by atoms with Crippen LogP contribution in [0.5, 0.6) is 0 Å². The molecule has 0 spiro atoms. The lowest BCUT2D eigenvalue weighted by molar-refractivity contribution is 0.251. The molecule has 0 bridgehead atoms. The van der Waals surface area contributed by atoms with Crippen molar-refractivity contribution in [3.8, 4) is 0 Å². The molecule has 0 atom stereocenters. The largest absolute Gasteiger partial charge is 0.334 e. The van der Waals surface area contributed by atoms with E-state index in [1.54, 1.807) is 36.7 Å². The van der Waals surface area contributed by atoms with Crippen LogP contribution in [0.25, 0.3) is 0 Å². The Labute approximate surface area is 170 Å². The molecule has 1 heterocycles. The van der Waals surface area contributed by atoms with Crippen molar-refractivity contribution in [2.45, 2.75) is 25.0 Å². The highest BCUT2D eigenvalue weighted by Gasteiger charge is 2.13. The molecular formula is C22H23N3O3S. The van der Waals surface area contributed by atoms with E-state index in [2.05, 4.69) is 15.6 Å². The lowest BCUT2D eigenvalue weighted by Crippen LogP contribution is -2.28. The van der Waals surface area contributed by atoms with Crippen molar-refractivity contribution in [3.05, 3.63) is 95.3 Å². The molecule has 0 radical (unpaired) electrons. The summed E-state index contributed by atoms with van der Waals surface area (Å²) < 4.78 is 25.0. The summed E-state index contributed by atoms with van der Waals surface area (Å²) in [6, 6.07) is 17.7. The van der Waals surface area contributed by atoms with Crippen LogP contribution in [0, 0.1) is 6.92 Å². The molecule has 3 rings (SSSR count). The molecule has 1 aromatic heterocycles. The second-order valence-electron chi connectivity index (χ2n) is 6.88. The summed E-state index contributed by atoms with van der Waals surface area (Å²) in [5.74, 6) is -0.0401. The van der Waals surface area contributed by atoms with Crippen LogP contribution in [0.4, 0.5) is 10.5 Å². The van der Waals surface area contributed by atoms with E-state index in [4.69, 9.17) is 0 Å². The molecule has 0 fully saturated rings. The molecule has 150 valence electrons. The smallest absolute Gasteiger partial charge is 0.319 e. The highest BCUT2D eigenvalue weighted by atomic mass is 32.2. The standard InChI is InChI=1S/C22H23N3O3S/c1-17-3-2-4-20(13-17)16-29(27,28)15-19-5-7-21(8-6-19)25-22(26)24-14-18-9-11-23-12-10-18/h2-13H,14-16H2,1H3,(H2,24,25,26). The monoisotopic (exact) mass is 409 g/mol. The fourth-order valence-corrected chi connectivity index (χ4v) is 4.39. The van der Waals surface area contributed by atoms with Crippen LogP contribution >= 0.6 is 0 Å². The number of hydrogen-bond donors (Lipinski definition) is 2. The Morgan fingerprint density at radius 1 is 0.897 bits per heavy atom. The summed E-state index contributed by atoms with van der Waals surface area (Å²) in [4.78, 5) is 15.9. The van der Waals surface area contributed by atoms with Gasteiger partial charge in [0.2, 0.25) is 0 Å². The van der Waals surface area contributed by atoms with Crippen molar-refractivity contribution in [3.63, 3.8) is 0 Å². The molecule has 0 saturated heterocycles. The molecule has 0 aliphatic carbocycles. The number of pyridine rings is 1. The Bertz CT molecular complexity index is 1070. The van der Waals surface area contributed by atoms with E-state index in [1.165, 1.54) is 0 Å². The number of carbonyl (C=O) groups excluding carboxylic acids is 1. The lowest BCUT2D eigenvalue weighted by atomic mass is 10.2. The minimum atomic E-state index is -3.28. The highest BCUT2D eigenvalue weighted by Crippen LogP contribution is 2.16. The van der Waals surface area contributed by atoms with Crippen LogP contribution in [0.1, 0.15) is 22.3 Å². The van der Waals surface area contributed by atoms with Crippen LogP contribution in [0.2, 0.25) is 0 Å². The molecule has 2 amide bonds. The molecule has 29 heavy (non-hydrogen) atoms. The van der Waals surface area contributed by atoms with Gasteiger partial charge in [0.15, 0.2) is 9.84 Å². The van der Waals surface area contributed by atoms with Crippen LogP contribution in [0.15, 0.2) is 73.1 Å². The Balaban J connectivity index is 1.53. The zero-order valence-electron chi connectivity index (χ0n) is 16.1. The summed E-state index contributed by atoms with van der Waals surface area (Å²) in [6.45, 7) is 2.33. The predicted octanol–water partition coefficient (Wildman–Crippen LogP) is 3.83. The van der Waals surface area contributed by atoms with Crippen molar-refractivity contribution in [2.24, 2.45) is 0 Å². The van der Waals surface area contributed by atoms with Crippen molar-refractivity contribution in [2.75, 3.05) is 5.32 Å². The first-order chi connectivity index (χ1) is 13.9. The van der Waals surface area contributed by atoms with Gasteiger partial charge in [-0.15, -0.1) is 0 Å². The van der Waals surface area contributed by atoms with Gasteiger partial charge in [0.1, 0.15) is 0 Å². The first-order valence-electron chi connectivity index (χ1n) is 9.18. The van der Waals surface area contributed by atoms with E-state index in [0.29, 0.717) is 17.8 Å². The third kappa shape index (κ3) is 6.73. The van der Waals surface area contributed by atoms with E-state index < -0.39 is 9.84 Å². The molecule has 0 aliphatic heterocycles. The number of hydrogen-bond acceptors (Lipinski definition) is 4. The van der Waals surface area contributed by atoms with Gasteiger partial charge in [0.05, 0.1) is 11.5 Å². The zero-order chi connectivity index (χ0) is 20.7. The van der Waals surface area contributed by atoms with Crippen molar-refractivity contribution < 1.29 is 13.2 Å². The van der Waals surface area contributed by atoms with Gasteiger partial charge in [-0.05, 0) is 47.9 Å². The van der Waals surface area contributed by atoms with Crippen molar-refractivity contribution in [1.29, 1.82) is 0 Å². The highest BCUT2D eigenvalue weighted by molar-refractivity contribution is 7.89. The van der Waals surface area contributed by atoms with Gasteiger partial charge in [-0.3, -0.25) is 4.98 Å². The fraction of sp³-hybridized carbons (Fsp3) is 0.182. The molecule has 2 N–H and O–H groups in total. The van der Waals surface area contributed by atoms with Gasteiger partial charge in [0, 0.05) is 24.6 Å². The van der Waals surface area contributed by atoms with Crippen molar-refractivity contribution in [1.82, 2.24) is 10.3 Å². The Morgan fingerprint density at radius 3 is 2.28 bits per heavy atom. The molecule has 2 aromatic carbocycles. The average molecular weight is 410 g/mol. The first-order valence-corrected chi connectivity index (χ1v) is 11.0. The molecule has 0 saturated carbocycles. The van der Waals surface area contributed by atoms with Gasteiger partial charge < -0.3 is 10.6 Å². The van der Waals surface area contributed by atoms with Crippen molar-refractivity contribution >= 4 is 21.6 Å². The summed E-state index contributed by atoms with van der Waals surface area (Å²) in [7, 11) is -3.28. The number of nitrogens with one attached hydrogen (secondary N) is 2. The van der Waals surface area contributed by atoms with E-state index in [9.17, 15) is 13.2 Å². The summed E-state index contributed by atoms with van der Waals surface area (Å²) in [5, 5.41) is 5.49. The number of benzene rings is 2. The topological polar surface area (TPSA) is 88.2 Å².